The average Bonchev–Trinajstić information content (AvgIpc) is 3.28. The third-order valence-electron chi connectivity index (χ3n) is 5.37. The second-order valence-corrected chi connectivity index (χ2v) is 9.89. The molecule has 0 amide bonds. The lowest BCUT2D eigenvalue weighted by Crippen LogP contribution is -2.33. The second kappa shape index (κ2) is 10.3. The Morgan fingerprint density at radius 3 is 2.36 bits per heavy atom. The van der Waals surface area contributed by atoms with Gasteiger partial charge in [0, 0.05) is 25.6 Å². The van der Waals surface area contributed by atoms with Crippen LogP contribution in [-0.2, 0) is 14.8 Å². The van der Waals surface area contributed by atoms with Crippen molar-refractivity contribution in [1.29, 1.82) is 0 Å². The Hall–Kier alpha value is -3.97. The number of rotatable bonds is 9. The van der Waals surface area contributed by atoms with E-state index in [4.69, 9.17) is 9.47 Å². The Bertz CT molecular complexity index is 1440. The van der Waals surface area contributed by atoms with E-state index in [9.17, 15) is 12.8 Å². The van der Waals surface area contributed by atoms with Gasteiger partial charge < -0.3 is 9.47 Å². The van der Waals surface area contributed by atoms with Crippen LogP contribution in [0.15, 0.2) is 54.9 Å². The number of nitrogens with one attached hydrogen (secondary N) is 1. The summed E-state index contributed by atoms with van der Waals surface area (Å²) in [6.45, 7) is 3.30. The fraction of sp³-hybridized carbons (Fsp3) is 0.261. The lowest BCUT2D eigenvalue weighted by atomic mass is 10.2. The number of hydrogen-bond donors (Lipinski definition) is 1. The van der Waals surface area contributed by atoms with Crippen molar-refractivity contribution in [1.82, 2.24) is 29.7 Å². The quantitative estimate of drug-likeness (QED) is 0.358. The first kappa shape index (κ1) is 25.1. The van der Waals surface area contributed by atoms with E-state index in [1.165, 1.54) is 50.0 Å². The molecule has 0 aliphatic heterocycles. The Morgan fingerprint density at radius 1 is 1.03 bits per heavy atom. The van der Waals surface area contributed by atoms with Crippen molar-refractivity contribution in [2.75, 3.05) is 18.9 Å². The molecule has 13 heteroatoms. The number of benzene rings is 1. The van der Waals surface area contributed by atoms with E-state index in [0.717, 1.165) is 5.56 Å². The molecule has 0 bridgehead atoms. The van der Waals surface area contributed by atoms with Gasteiger partial charge in [0.2, 0.25) is 21.9 Å². The van der Waals surface area contributed by atoms with E-state index in [2.05, 4.69) is 29.9 Å². The predicted molar refractivity (Wildman–Crippen MR) is 130 cm³/mol. The lowest BCUT2D eigenvalue weighted by Gasteiger charge is -2.22. The number of methoxy groups -OCH3 is 2. The summed E-state index contributed by atoms with van der Waals surface area (Å²) in [6.07, 6.45) is 2.21. The fourth-order valence-electron chi connectivity index (χ4n) is 3.44. The van der Waals surface area contributed by atoms with Gasteiger partial charge in [-0.3, -0.25) is 9.29 Å². The van der Waals surface area contributed by atoms with E-state index in [1.54, 1.807) is 30.6 Å². The number of pyridine rings is 1. The molecule has 3 aromatic heterocycles. The highest BCUT2D eigenvalue weighted by Gasteiger charge is 2.34. The number of halogens is 1. The van der Waals surface area contributed by atoms with Gasteiger partial charge in [-0.2, -0.15) is 0 Å². The maximum absolute atomic E-state index is 13.6. The van der Waals surface area contributed by atoms with E-state index in [1.807, 2.05) is 6.92 Å². The van der Waals surface area contributed by atoms with Crippen molar-refractivity contribution in [2.24, 2.45) is 0 Å². The van der Waals surface area contributed by atoms with Crippen LogP contribution in [0, 0.1) is 12.7 Å². The van der Waals surface area contributed by atoms with Gasteiger partial charge in [0.15, 0.2) is 11.6 Å². The van der Waals surface area contributed by atoms with Crippen LogP contribution in [0.1, 0.15) is 24.4 Å². The van der Waals surface area contributed by atoms with Gasteiger partial charge in [0.1, 0.15) is 22.9 Å². The normalized spacial score (nSPS) is 13.2. The van der Waals surface area contributed by atoms with Crippen molar-refractivity contribution in [2.45, 2.75) is 25.2 Å². The third-order valence-corrected chi connectivity index (χ3v) is 7.06. The summed E-state index contributed by atoms with van der Waals surface area (Å²) in [6, 6.07) is 10.5. The molecule has 0 saturated carbocycles. The van der Waals surface area contributed by atoms with E-state index >= 15 is 0 Å². The summed E-state index contributed by atoms with van der Waals surface area (Å²) >= 11 is 0. The SMILES string of the molecule is COc1cccc(-c2nnc(NS(=O)(=O)[C@@H](C)[C@H](OC)c3ncc(C)cn3)n2-c2ccc(F)cc2)n1. The van der Waals surface area contributed by atoms with Gasteiger partial charge in [-0.05, 0) is 49.7 Å². The van der Waals surface area contributed by atoms with Crippen LogP contribution >= 0.6 is 0 Å². The molecule has 11 nitrogen and oxygen atoms in total. The maximum Gasteiger partial charge on any atom is 0.243 e. The standard InChI is InChI=1S/C23H24FN7O4S/c1-14-12-25-21(26-13-14)20(35-4)15(2)36(32,33)30-23-29-28-22(18-6-5-7-19(27-18)34-3)31(23)17-10-8-16(24)9-11-17/h5-13,15,20H,1-4H3,(H,29,30)/t15-,20-/m0/s1. The highest BCUT2D eigenvalue weighted by atomic mass is 32.2. The molecular weight excluding hydrogens is 489 g/mol. The summed E-state index contributed by atoms with van der Waals surface area (Å²) in [5.74, 6) is 0.202. The first-order valence-electron chi connectivity index (χ1n) is 10.8. The Kier molecular flexibility index (Phi) is 7.22. The Labute approximate surface area is 207 Å². The van der Waals surface area contributed by atoms with Crippen molar-refractivity contribution >= 4 is 16.0 Å². The zero-order chi connectivity index (χ0) is 25.9. The minimum atomic E-state index is -4.10. The van der Waals surface area contributed by atoms with Gasteiger partial charge in [0.25, 0.3) is 0 Å². The Morgan fingerprint density at radius 2 is 1.72 bits per heavy atom. The number of aromatic nitrogens is 6. The molecule has 3 heterocycles. The molecule has 4 aromatic rings. The smallest absolute Gasteiger partial charge is 0.243 e. The predicted octanol–water partition coefficient (Wildman–Crippen LogP) is 3.09. The van der Waals surface area contributed by atoms with Crippen LogP contribution in [0.4, 0.5) is 10.3 Å². The molecule has 0 radical (unpaired) electrons. The number of anilines is 1. The number of aryl methyl sites for hydroxylation is 1. The van der Waals surface area contributed by atoms with Gasteiger partial charge >= 0.3 is 0 Å². The number of hydrogen-bond acceptors (Lipinski definition) is 9. The monoisotopic (exact) mass is 513 g/mol. The van der Waals surface area contributed by atoms with Crippen molar-refractivity contribution in [3.63, 3.8) is 0 Å². The molecule has 0 aliphatic carbocycles. The Balaban J connectivity index is 1.75. The van der Waals surface area contributed by atoms with Crippen LogP contribution < -0.4 is 9.46 Å². The molecule has 1 aromatic carbocycles. The number of nitrogens with zero attached hydrogens (tertiary/aromatic N) is 6. The molecule has 0 unspecified atom stereocenters. The van der Waals surface area contributed by atoms with Gasteiger partial charge in [-0.1, -0.05) is 6.07 Å². The first-order valence-corrected chi connectivity index (χ1v) is 12.3. The molecule has 0 fully saturated rings. The molecule has 2 atom stereocenters. The minimum absolute atomic E-state index is 0.118. The molecule has 188 valence electrons. The van der Waals surface area contributed by atoms with Gasteiger partial charge in [-0.15, -0.1) is 10.2 Å². The average molecular weight is 514 g/mol. The second-order valence-electron chi connectivity index (χ2n) is 7.85. The molecule has 4 rings (SSSR count). The zero-order valence-electron chi connectivity index (χ0n) is 20.0. The molecule has 0 aliphatic rings. The third kappa shape index (κ3) is 5.16. The van der Waals surface area contributed by atoms with Crippen molar-refractivity contribution in [3.8, 4) is 23.1 Å². The topological polar surface area (TPSA) is 134 Å². The number of ether oxygens (including phenoxy) is 2. The summed E-state index contributed by atoms with van der Waals surface area (Å²) in [5, 5.41) is 7.11. The molecule has 36 heavy (non-hydrogen) atoms. The van der Waals surface area contributed by atoms with Gasteiger partial charge in [0.05, 0.1) is 12.8 Å². The molecule has 1 N–H and O–H groups in total. The zero-order valence-corrected chi connectivity index (χ0v) is 20.8. The van der Waals surface area contributed by atoms with Crippen LogP contribution in [0.2, 0.25) is 0 Å². The van der Waals surface area contributed by atoms with E-state index in [0.29, 0.717) is 17.3 Å². The fourth-order valence-corrected chi connectivity index (χ4v) is 4.57. The largest absolute Gasteiger partial charge is 0.481 e. The number of sulfonamides is 1. The summed E-state index contributed by atoms with van der Waals surface area (Å²) < 4.78 is 55.0. The maximum atomic E-state index is 13.6. The first-order chi connectivity index (χ1) is 17.2. The van der Waals surface area contributed by atoms with Crippen LogP contribution in [0.5, 0.6) is 5.88 Å². The highest BCUT2D eigenvalue weighted by Crippen LogP contribution is 2.28. The minimum Gasteiger partial charge on any atom is -0.481 e. The molecular formula is C23H24FN7O4S. The summed E-state index contributed by atoms with van der Waals surface area (Å²) in [4.78, 5) is 12.8. The van der Waals surface area contributed by atoms with E-state index in [-0.39, 0.29) is 17.6 Å². The van der Waals surface area contributed by atoms with Crippen LogP contribution in [-0.4, -0.2) is 57.6 Å². The molecule has 0 saturated heterocycles. The summed E-state index contributed by atoms with van der Waals surface area (Å²) in [5.41, 5.74) is 1.61. The van der Waals surface area contributed by atoms with Gasteiger partial charge in [-0.25, -0.2) is 27.8 Å². The summed E-state index contributed by atoms with van der Waals surface area (Å²) in [7, 11) is -1.24. The van der Waals surface area contributed by atoms with Crippen LogP contribution in [0.3, 0.4) is 0 Å². The van der Waals surface area contributed by atoms with Crippen LogP contribution in [0.25, 0.3) is 17.2 Å². The van der Waals surface area contributed by atoms with Crippen molar-refractivity contribution in [3.05, 3.63) is 72.1 Å². The highest BCUT2D eigenvalue weighted by molar-refractivity contribution is 7.93. The van der Waals surface area contributed by atoms with E-state index < -0.39 is 27.2 Å². The van der Waals surface area contributed by atoms with Crippen molar-refractivity contribution < 1.29 is 22.3 Å². The lowest BCUT2D eigenvalue weighted by molar-refractivity contribution is 0.0949. The molecule has 0 spiro atoms.